The fourth-order valence-corrected chi connectivity index (χ4v) is 2.74. The summed E-state index contributed by atoms with van der Waals surface area (Å²) < 4.78 is 10.8. The minimum atomic E-state index is -0.390. The monoisotopic (exact) mass is 345 g/mol. The number of methoxy groups -OCH3 is 1. The Morgan fingerprint density at radius 1 is 1.40 bits per heavy atom. The van der Waals surface area contributed by atoms with Crippen molar-refractivity contribution in [2.75, 3.05) is 26.7 Å². The summed E-state index contributed by atoms with van der Waals surface area (Å²) in [6, 6.07) is 4.96. The fraction of sp³-hybridized carbons (Fsp3) is 0.353. The van der Waals surface area contributed by atoms with Crippen LogP contribution in [0.25, 0.3) is 11.0 Å². The van der Waals surface area contributed by atoms with E-state index in [0.29, 0.717) is 24.3 Å². The first-order valence-corrected chi connectivity index (χ1v) is 7.95. The van der Waals surface area contributed by atoms with E-state index in [-0.39, 0.29) is 30.7 Å². The molecule has 1 aliphatic rings. The lowest BCUT2D eigenvalue weighted by Crippen LogP contribution is -2.34. The van der Waals surface area contributed by atoms with Crippen LogP contribution < -0.4 is 15.4 Å². The van der Waals surface area contributed by atoms with Gasteiger partial charge in [0.25, 0.3) is 5.91 Å². The van der Waals surface area contributed by atoms with Crippen molar-refractivity contribution in [3.05, 3.63) is 29.5 Å². The molecule has 2 N–H and O–H groups in total. The quantitative estimate of drug-likeness (QED) is 0.609. The summed E-state index contributed by atoms with van der Waals surface area (Å²) in [5.41, 5.74) is 1.35. The zero-order valence-electron chi connectivity index (χ0n) is 14.0. The molecule has 1 fully saturated rings. The number of hydrogen-bond donors (Lipinski definition) is 2. The second-order valence-corrected chi connectivity index (χ2v) is 5.73. The molecule has 1 aromatic carbocycles. The van der Waals surface area contributed by atoms with E-state index >= 15 is 0 Å². The molecule has 132 valence electrons. The van der Waals surface area contributed by atoms with Gasteiger partial charge in [-0.05, 0) is 31.5 Å². The van der Waals surface area contributed by atoms with Crippen LogP contribution in [0, 0.1) is 6.92 Å². The van der Waals surface area contributed by atoms with E-state index in [9.17, 15) is 14.4 Å². The molecule has 4 amide bonds. The standard InChI is InChI=1S/C17H19N3O5/c1-10-12-8-11(24-2)4-5-13(12)25-15(10)16(22)18-6-3-7-20-14(21)9-19-17(20)23/h4-5,8H,3,6-7,9H2,1-2H3,(H,18,22)(H,19,23). The molecule has 25 heavy (non-hydrogen) atoms. The van der Waals surface area contributed by atoms with E-state index in [1.807, 2.05) is 13.0 Å². The van der Waals surface area contributed by atoms with Gasteiger partial charge in [0.1, 0.15) is 11.3 Å². The predicted octanol–water partition coefficient (Wildman–Crippen LogP) is 1.42. The molecule has 0 atom stereocenters. The number of nitrogens with zero attached hydrogens (tertiary/aromatic N) is 1. The van der Waals surface area contributed by atoms with Gasteiger partial charge < -0.3 is 19.8 Å². The van der Waals surface area contributed by atoms with Gasteiger partial charge in [-0.3, -0.25) is 14.5 Å². The van der Waals surface area contributed by atoms with Gasteiger partial charge in [-0.2, -0.15) is 0 Å². The average molecular weight is 345 g/mol. The Morgan fingerprint density at radius 2 is 2.20 bits per heavy atom. The highest BCUT2D eigenvalue weighted by atomic mass is 16.5. The average Bonchev–Trinajstić information content (AvgIpc) is 3.11. The number of fused-ring (bicyclic) bond motifs is 1. The van der Waals surface area contributed by atoms with E-state index in [1.165, 1.54) is 0 Å². The van der Waals surface area contributed by atoms with Crippen LogP contribution in [0.15, 0.2) is 22.6 Å². The van der Waals surface area contributed by atoms with E-state index in [0.717, 1.165) is 15.8 Å². The van der Waals surface area contributed by atoms with E-state index < -0.39 is 6.03 Å². The first kappa shape index (κ1) is 16.8. The van der Waals surface area contributed by atoms with Crippen LogP contribution in [0.5, 0.6) is 5.75 Å². The van der Waals surface area contributed by atoms with Crippen molar-refractivity contribution < 1.29 is 23.5 Å². The largest absolute Gasteiger partial charge is 0.497 e. The SMILES string of the molecule is COc1ccc2oc(C(=O)NCCCN3C(=O)CNC3=O)c(C)c2c1. The lowest BCUT2D eigenvalue weighted by molar-refractivity contribution is -0.125. The third kappa shape index (κ3) is 3.28. The second kappa shape index (κ2) is 6.84. The Kier molecular flexibility index (Phi) is 4.60. The molecule has 0 aliphatic carbocycles. The number of aryl methyl sites for hydroxylation is 1. The molecule has 2 heterocycles. The summed E-state index contributed by atoms with van der Waals surface area (Å²) in [7, 11) is 1.58. The molecule has 8 heteroatoms. The Hall–Kier alpha value is -3.03. The molecule has 1 aromatic heterocycles. The Labute approximate surface area is 144 Å². The number of imide groups is 1. The second-order valence-electron chi connectivity index (χ2n) is 5.73. The highest BCUT2D eigenvalue weighted by Gasteiger charge is 2.27. The van der Waals surface area contributed by atoms with E-state index in [2.05, 4.69) is 10.6 Å². The lowest BCUT2D eigenvalue weighted by atomic mass is 10.1. The van der Waals surface area contributed by atoms with Crippen molar-refractivity contribution in [1.82, 2.24) is 15.5 Å². The number of urea groups is 1. The molecule has 0 spiro atoms. The van der Waals surface area contributed by atoms with Crippen LogP contribution in [-0.4, -0.2) is 49.5 Å². The van der Waals surface area contributed by atoms with Crippen molar-refractivity contribution in [1.29, 1.82) is 0 Å². The Morgan fingerprint density at radius 3 is 2.88 bits per heavy atom. The van der Waals surface area contributed by atoms with Gasteiger partial charge in [0.05, 0.1) is 13.7 Å². The van der Waals surface area contributed by atoms with E-state index in [4.69, 9.17) is 9.15 Å². The van der Waals surface area contributed by atoms with Crippen molar-refractivity contribution in [3.63, 3.8) is 0 Å². The molecule has 1 saturated heterocycles. The molecule has 3 rings (SSSR count). The fourth-order valence-electron chi connectivity index (χ4n) is 2.74. The van der Waals surface area contributed by atoms with Crippen molar-refractivity contribution >= 4 is 28.8 Å². The van der Waals surface area contributed by atoms with Gasteiger partial charge in [-0.25, -0.2) is 4.79 Å². The van der Waals surface area contributed by atoms with Crippen LogP contribution >= 0.6 is 0 Å². The lowest BCUT2D eigenvalue weighted by Gasteiger charge is -2.12. The number of rotatable bonds is 6. The van der Waals surface area contributed by atoms with Gasteiger partial charge in [0.15, 0.2) is 5.76 Å². The molecule has 0 radical (unpaired) electrons. The molecular weight excluding hydrogens is 326 g/mol. The van der Waals surface area contributed by atoms with Crippen LogP contribution in [0.3, 0.4) is 0 Å². The number of benzene rings is 1. The zero-order valence-corrected chi connectivity index (χ0v) is 14.0. The van der Waals surface area contributed by atoms with Gasteiger partial charge in [-0.1, -0.05) is 0 Å². The minimum absolute atomic E-state index is 0.0346. The highest BCUT2D eigenvalue weighted by Crippen LogP contribution is 2.28. The molecule has 2 aromatic rings. The summed E-state index contributed by atoms with van der Waals surface area (Å²) in [5.74, 6) is 0.360. The van der Waals surface area contributed by atoms with Crippen molar-refractivity contribution in [3.8, 4) is 5.75 Å². The molecule has 0 unspecified atom stereocenters. The Bertz CT molecular complexity index is 826. The van der Waals surface area contributed by atoms with Gasteiger partial charge >= 0.3 is 6.03 Å². The first-order valence-electron chi connectivity index (χ1n) is 7.95. The first-order chi connectivity index (χ1) is 12.0. The number of carbonyl (C=O) groups excluding carboxylic acids is 3. The summed E-state index contributed by atoms with van der Waals surface area (Å²) in [5, 5.41) is 6.02. The molecular formula is C17H19N3O5. The molecule has 0 saturated carbocycles. The summed E-state index contributed by atoms with van der Waals surface area (Å²) in [4.78, 5) is 36.3. The third-order valence-electron chi connectivity index (χ3n) is 4.13. The number of ether oxygens (including phenoxy) is 1. The van der Waals surface area contributed by atoms with Crippen molar-refractivity contribution in [2.24, 2.45) is 0 Å². The predicted molar refractivity (Wildman–Crippen MR) is 89.6 cm³/mol. The van der Waals surface area contributed by atoms with Crippen LogP contribution in [0.2, 0.25) is 0 Å². The maximum Gasteiger partial charge on any atom is 0.324 e. The van der Waals surface area contributed by atoms with Crippen LogP contribution in [-0.2, 0) is 4.79 Å². The number of amides is 4. The van der Waals surface area contributed by atoms with Crippen LogP contribution in [0.1, 0.15) is 22.5 Å². The Balaban J connectivity index is 1.60. The van der Waals surface area contributed by atoms with Gasteiger partial charge in [0, 0.05) is 24.0 Å². The number of furan rings is 1. The van der Waals surface area contributed by atoms with Crippen LogP contribution in [0.4, 0.5) is 4.79 Å². The zero-order chi connectivity index (χ0) is 18.0. The summed E-state index contributed by atoms with van der Waals surface area (Å²) in [6.07, 6.45) is 0.470. The normalized spacial score (nSPS) is 14.1. The van der Waals surface area contributed by atoms with Crippen molar-refractivity contribution in [2.45, 2.75) is 13.3 Å². The van der Waals surface area contributed by atoms with Gasteiger partial charge in [-0.15, -0.1) is 0 Å². The van der Waals surface area contributed by atoms with Gasteiger partial charge in [0.2, 0.25) is 5.91 Å². The minimum Gasteiger partial charge on any atom is -0.497 e. The summed E-state index contributed by atoms with van der Waals surface area (Å²) >= 11 is 0. The smallest absolute Gasteiger partial charge is 0.324 e. The maximum atomic E-state index is 12.3. The third-order valence-corrected chi connectivity index (χ3v) is 4.13. The number of hydrogen-bond acceptors (Lipinski definition) is 5. The molecule has 8 nitrogen and oxygen atoms in total. The topological polar surface area (TPSA) is 101 Å². The molecule has 0 bridgehead atoms. The number of nitrogens with one attached hydrogen (secondary N) is 2. The summed E-state index contributed by atoms with van der Waals surface area (Å²) in [6.45, 7) is 2.44. The highest BCUT2D eigenvalue weighted by molar-refractivity contribution is 6.02. The van der Waals surface area contributed by atoms with E-state index in [1.54, 1.807) is 19.2 Å². The number of carbonyl (C=O) groups is 3. The molecule has 1 aliphatic heterocycles. The maximum absolute atomic E-state index is 12.3.